The summed E-state index contributed by atoms with van der Waals surface area (Å²) in [4.78, 5) is 24.6. The molecule has 0 radical (unpaired) electrons. The van der Waals surface area contributed by atoms with Crippen molar-refractivity contribution in [3.8, 4) is 5.69 Å². The highest BCUT2D eigenvalue weighted by Gasteiger charge is 2.59. The second-order valence-corrected chi connectivity index (χ2v) is 10.1. The molecule has 1 aromatic carbocycles. The molecule has 1 atom stereocenters. The van der Waals surface area contributed by atoms with Crippen molar-refractivity contribution in [2.45, 2.75) is 25.8 Å². The van der Waals surface area contributed by atoms with Gasteiger partial charge < -0.3 is 14.4 Å². The van der Waals surface area contributed by atoms with Gasteiger partial charge in [-0.05, 0) is 74.2 Å². The summed E-state index contributed by atoms with van der Waals surface area (Å²) in [6.45, 7) is 6.64. The molecule has 1 aliphatic carbocycles. The first-order chi connectivity index (χ1) is 16.7. The van der Waals surface area contributed by atoms with Crippen molar-refractivity contribution < 1.29 is 4.79 Å². The monoisotopic (exact) mass is 455 g/mol. The second kappa shape index (κ2) is 8.91. The number of benzene rings is 1. The van der Waals surface area contributed by atoms with Gasteiger partial charge >= 0.3 is 0 Å². The summed E-state index contributed by atoms with van der Waals surface area (Å²) in [7, 11) is 0. The number of piperazine rings is 1. The number of carbonyl (C=O) groups excluding carboxylic acids is 1. The van der Waals surface area contributed by atoms with Crippen molar-refractivity contribution in [2.24, 2.45) is 11.3 Å². The molecular formula is C28H33N5O. The number of rotatable bonds is 5. The number of para-hydroxylation sites is 1. The quantitative estimate of drug-likeness (QED) is 0.587. The Morgan fingerprint density at radius 2 is 1.65 bits per heavy atom. The van der Waals surface area contributed by atoms with E-state index < -0.39 is 0 Å². The molecule has 0 bridgehead atoms. The Kier molecular flexibility index (Phi) is 5.61. The van der Waals surface area contributed by atoms with Gasteiger partial charge in [0, 0.05) is 62.4 Å². The van der Waals surface area contributed by atoms with Crippen LogP contribution in [0.15, 0.2) is 73.2 Å². The van der Waals surface area contributed by atoms with Crippen LogP contribution in [0.1, 0.15) is 25.0 Å². The molecule has 6 rings (SSSR count). The molecule has 1 spiro atoms. The highest BCUT2D eigenvalue weighted by molar-refractivity contribution is 5.83. The topological polar surface area (TPSA) is 44.6 Å². The van der Waals surface area contributed by atoms with E-state index in [4.69, 9.17) is 0 Å². The zero-order valence-electron chi connectivity index (χ0n) is 19.7. The van der Waals surface area contributed by atoms with Crippen LogP contribution in [0.5, 0.6) is 0 Å². The maximum atomic E-state index is 13.3. The molecule has 34 heavy (non-hydrogen) atoms. The third-order valence-corrected chi connectivity index (χ3v) is 8.20. The third-order valence-electron chi connectivity index (χ3n) is 8.20. The lowest BCUT2D eigenvalue weighted by Gasteiger charge is -2.37. The zero-order chi connectivity index (χ0) is 23.0. The van der Waals surface area contributed by atoms with Gasteiger partial charge in [0.2, 0.25) is 5.91 Å². The van der Waals surface area contributed by atoms with E-state index >= 15 is 0 Å². The Morgan fingerprint density at radius 1 is 0.882 bits per heavy atom. The largest absolute Gasteiger partial charge is 0.368 e. The first-order valence-corrected chi connectivity index (χ1v) is 12.6. The van der Waals surface area contributed by atoms with Crippen LogP contribution in [0.4, 0.5) is 5.69 Å². The highest BCUT2D eigenvalue weighted by atomic mass is 16.2. The Bertz CT molecular complexity index is 1110. The van der Waals surface area contributed by atoms with Crippen molar-refractivity contribution in [2.75, 3.05) is 44.2 Å². The maximum absolute atomic E-state index is 13.3. The smallest absolute Gasteiger partial charge is 0.226 e. The molecule has 2 aromatic heterocycles. The average molecular weight is 456 g/mol. The highest BCUT2D eigenvalue weighted by Crippen LogP contribution is 2.60. The molecule has 3 aliphatic rings. The molecule has 6 nitrogen and oxygen atoms in total. The third kappa shape index (κ3) is 4.11. The van der Waals surface area contributed by atoms with E-state index in [1.54, 1.807) is 0 Å². The van der Waals surface area contributed by atoms with Gasteiger partial charge in [-0.25, -0.2) is 0 Å². The minimum Gasteiger partial charge on any atom is -0.368 e. The second-order valence-electron chi connectivity index (χ2n) is 10.1. The van der Waals surface area contributed by atoms with Crippen LogP contribution in [0, 0.1) is 11.3 Å². The predicted molar refractivity (Wildman–Crippen MR) is 134 cm³/mol. The molecule has 0 N–H and O–H groups in total. The number of amides is 1. The van der Waals surface area contributed by atoms with Gasteiger partial charge in [0.05, 0.1) is 11.9 Å². The summed E-state index contributed by atoms with van der Waals surface area (Å²) in [5.41, 5.74) is 3.93. The van der Waals surface area contributed by atoms with Crippen molar-refractivity contribution in [1.29, 1.82) is 0 Å². The molecular weight excluding hydrogens is 422 g/mol. The summed E-state index contributed by atoms with van der Waals surface area (Å²) in [5.74, 6) is 0.656. The first-order valence-electron chi connectivity index (χ1n) is 12.6. The lowest BCUT2D eigenvalue weighted by Crippen LogP contribution is -2.50. The van der Waals surface area contributed by atoms with E-state index in [2.05, 4.69) is 79.0 Å². The zero-order valence-corrected chi connectivity index (χ0v) is 19.7. The van der Waals surface area contributed by atoms with Gasteiger partial charge in [-0.3, -0.25) is 14.7 Å². The Labute approximate surface area is 201 Å². The van der Waals surface area contributed by atoms with E-state index in [9.17, 15) is 4.79 Å². The first kappa shape index (κ1) is 21.4. The average Bonchev–Trinajstić information content (AvgIpc) is 3.40. The summed E-state index contributed by atoms with van der Waals surface area (Å²) >= 11 is 0. The molecule has 4 heterocycles. The van der Waals surface area contributed by atoms with Gasteiger partial charge in [0.1, 0.15) is 0 Å². The number of carbonyl (C=O) groups is 1. The minimum absolute atomic E-state index is 0.247. The van der Waals surface area contributed by atoms with Crippen LogP contribution in [-0.2, 0) is 11.3 Å². The van der Waals surface area contributed by atoms with Gasteiger partial charge in [0.25, 0.3) is 0 Å². The van der Waals surface area contributed by atoms with Crippen molar-refractivity contribution in [3.05, 3.63) is 78.9 Å². The number of likely N-dealkylation sites (tertiary alicyclic amines) is 1. The van der Waals surface area contributed by atoms with Gasteiger partial charge in [0.15, 0.2) is 0 Å². The summed E-state index contributed by atoms with van der Waals surface area (Å²) < 4.78 is 2.23. The molecule has 176 valence electrons. The van der Waals surface area contributed by atoms with Crippen LogP contribution < -0.4 is 4.90 Å². The van der Waals surface area contributed by atoms with Crippen LogP contribution in [-0.4, -0.2) is 64.5 Å². The summed E-state index contributed by atoms with van der Waals surface area (Å²) in [6, 6.07) is 18.9. The molecule has 3 fully saturated rings. The van der Waals surface area contributed by atoms with Gasteiger partial charge in [-0.1, -0.05) is 18.2 Å². The fourth-order valence-electron chi connectivity index (χ4n) is 5.97. The number of hydrogen-bond donors (Lipinski definition) is 0. The Hall–Kier alpha value is -3.12. The van der Waals surface area contributed by atoms with E-state index in [-0.39, 0.29) is 11.3 Å². The van der Waals surface area contributed by atoms with Gasteiger partial charge in [-0.2, -0.15) is 0 Å². The van der Waals surface area contributed by atoms with E-state index in [0.717, 1.165) is 70.8 Å². The minimum atomic E-state index is 0.247. The SMILES string of the molecule is O=C(C1CC12CCN(Cc1cccn1-c1cccnc1)CC2)N1CCN(c2ccccc2)CC1. The lowest BCUT2D eigenvalue weighted by atomic mass is 9.90. The molecule has 6 heteroatoms. The number of piperidine rings is 1. The molecule has 1 amide bonds. The van der Waals surface area contributed by atoms with Crippen LogP contribution in [0.25, 0.3) is 5.69 Å². The Balaban J connectivity index is 1.01. The number of aromatic nitrogens is 2. The van der Waals surface area contributed by atoms with E-state index in [1.165, 1.54) is 11.4 Å². The number of hydrogen-bond acceptors (Lipinski definition) is 4. The number of anilines is 1. The number of nitrogens with zero attached hydrogens (tertiary/aromatic N) is 5. The van der Waals surface area contributed by atoms with Crippen molar-refractivity contribution >= 4 is 11.6 Å². The van der Waals surface area contributed by atoms with Gasteiger partial charge in [-0.15, -0.1) is 0 Å². The molecule has 1 unspecified atom stereocenters. The summed E-state index contributed by atoms with van der Waals surface area (Å²) in [6.07, 6.45) is 9.21. The maximum Gasteiger partial charge on any atom is 0.226 e. The standard InChI is InChI=1S/C28H33N5O/c34-27(32-18-16-31(17-19-32)23-6-2-1-3-7-23)26-20-28(26)10-14-30(15-11-28)22-25-9-5-13-33(25)24-8-4-12-29-21-24/h1-9,12-13,21,26H,10-11,14-20,22H2. The predicted octanol–water partition coefficient (Wildman–Crippen LogP) is 3.82. The molecule has 1 saturated carbocycles. The molecule has 2 saturated heterocycles. The molecule has 3 aromatic rings. The van der Waals surface area contributed by atoms with Crippen molar-refractivity contribution in [1.82, 2.24) is 19.4 Å². The van der Waals surface area contributed by atoms with Crippen LogP contribution >= 0.6 is 0 Å². The fourth-order valence-corrected chi connectivity index (χ4v) is 5.97. The van der Waals surface area contributed by atoms with Crippen LogP contribution in [0.2, 0.25) is 0 Å². The number of pyridine rings is 1. The van der Waals surface area contributed by atoms with E-state index in [0.29, 0.717) is 5.91 Å². The summed E-state index contributed by atoms with van der Waals surface area (Å²) in [5, 5.41) is 0. The molecule has 2 aliphatic heterocycles. The van der Waals surface area contributed by atoms with E-state index in [1.807, 2.05) is 18.5 Å². The lowest BCUT2D eigenvalue weighted by molar-refractivity contribution is -0.134. The normalized spacial score (nSPS) is 22.2. The fraction of sp³-hybridized carbons (Fsp3) is 0.429. The Morgan fingerprint density at radius 3 is 2.38 bits per heavy atom. The van der Waals surface area contributed by atoms with Crippen molar-refractivity contribution in [3.63, 3.8) is 0 Å². The van der Waals surface area contributed by atoms with Crippen LogP contribution in [0.3, 0.4) is 0 Å².